The van der Waals surface area contributed by atoms with Crippen molar-refractivity contribution in [3.8, 4) is 17.2 Å². The molecule has 6 saturated carbocycles. The zero-order chi connectivity index (χ0) is 57.9. The summed E-state index contributed by atoms with van der Waals surface area (Å²) < 4.78 is 51.3. The number of carboxylic acid groups (broad SMARTS) is 1. The number of methoxy groups -OCH3 is 6. The predicted molar refractivity (Wildman–Crippen MR) is 277 cm³/mol. The number of carbonyl (C=O) groups is 9. The van der Waals surface area contributed by atoms with E-state index >= 15 is 0 Å². The number of ether oxygens (including phenoxy) is 10. The van der Waals surface area contributed by atoms with Crippen molar-refractivity contribution in [2.75, 3.05) is 42.7 Å². The monoisotopic (exact) mass is 1110 g/mol. The van der Waals surface area contributed by atoms with E-state index < -0.39 is 77.2 Å². The molecular formula is C60H70O20. The van der Waals surface area contributed by atoms with Gasteiger partial charge in [-0.15, -0.1) is 0 Å². The van der Waals surface area contributed by atoms with E-state index in [1.54, 1.807) is 45.6 Å². The lowest BCUT2D eigenvalue weighted by Gasteiger charge is -2.35. The molecule has 6 aliphatic carbocycles. The van der Waals surface area contributed by atoms with E-state index in [2.05, 4.69) is 0 Å². The number of hydrogen-bond donors (Lipinski definition) is 1. The molecule has 0 spiro atoms. The average Bonchev–Trinajstić information content (AvgIpc) is 4.50. The molecule has 18 atom stereocenters. The summed E-state index contributed by atoms with van der Waals surface area (Å²) in [7, 11) is 8.61. The van der Waals surface area contributed by atoms with Gasteiger partial charge in [0.05, 0.1) is 95.9 Å². The summed E-state index contributed by atoms with van der Waals surface area (Å²) in [6.07, 6.45) is 1.86. The van der Waals surface area contributed by atoms with Gasteiger partial charge in [-0.25, -0.2) is 0 Å². The Hall–Kier alpha value is -7.51. The molecular weight excluding hydrogens is 1040 g/mol. The molecule has 20 heteroatoms. The second kappa shape index (κ2) is 24.9. The van der Waals surface area contributed by atoms with E-state index in [0.29, 0.717) is 18.6 Å². The Morgan fingerprint density at radius 2 is 0.688 bits per heavy atom. The van der Waals surface area contributed by atoms with Crippen molar-refractivity contribution in [3.63, 3.8) is 0 Å². The second-order valence-electron chi connectivity index (χ2n) is 22.0. The van der Waals surface area contributed by atoms with Crippen molar-refractivity contribution in [2.24, 2.45) is 107 Å². The number of hydrogen-bond acceptors (Lipinski definition) is 19. The van der Waals surface area contributed by atoms with Crippen LogP contribution >= 0.6 is 0 Å². The molecule has 80 heavy (non-hydrogen) atoms. The highest BCUT2D eigenvalue weighted by atomic mass is 16.6. The highest BCUT2D eigenvalue weighted by Crippen LogP contribution is 2.62. The first kappa shape index (κ1) is 58.6. The quantitative estimate of drug-likeness (QED) is 0.0936. The summed E-state index contributed by atoms with van der Waals surface area (Å²) in [6.45, 7) is 6.22. The van der Waals surface area contributed by atoms with Crippen LogP contribution in [0.15, 0.2) is 72.8 Å². The Bertz CT molecular complexity index is 2790. The van der Waals surface area contributed by atoms with Crippen molar-refractivity contribution in [1.29, 1.82) is 0 Å². The smallest absolute Gasteiger partial charge is 0.317 e. The lowest BCUT2D eigenvalue weighted by Crippen LogP contribution is -2.45. The maximum Gasteiger partial charge on any atom is 0.317 e. The molecule has 430 valence electrons. The average molecular weight is 1110 g/mol. The zero-order valence-corrected chi connectivity index (χ0v) is 46.3. The highest BCUT2D eigenvalue weighted by molar-refractivity contribution is 5.98. The van der Waals surface area contributed by atoms with Crippen molar-refractivity contribution >= 4 is 53.7 Å². The molecule has 0 aromatic heterocycles. The van der Waals surface area contributed by atoms with E-state index in [1.807, 2.05) is 69.3 Å². The molecule has 10 rings (SSSR count). The fourth-order valence-corrected chi connectivity index (χ4v) is 14.8. The molecule has 6 bridgehead atoms. The zero-order valence-electron chi connectivity index (χ0n) is 46.3. The summed E-state index contributed by atoms with van der Waals surface area (Å²) in [6, 6.07) is 21.8. The van der Waals surface area contributed by atoms with Gasteiger partial charge in [0.25, 0.3) is 0 Å². The van der Waals surface area contributed by atoms with Gasteiger partial charge in [0.15, 0.2) is 0 Å². The molecule has 3 aromatic carbocycles. The Morgan fingerprint density at radius 1 is 0.400 bits per heavy atom. The summed E-state index contributed by atoms with van der Waals surface area (Å²) >= 11 is 0. The number of cyclic esters (lactones) is 2. The molecule has 3 aromatic rings. The summed E-state index contributed by atoms with van der Waals surface area (Å²) in [5.74, 6) is -8.38. The second-order valence-corrected chi connectivity index (χ2v) is 22.0. The normalized spacial score (nSPS) is 32.4. The molecule has 0 amide bonds. The SMILES string of the molecule is COC(=O)[C@@H]1C2CC(C(C(=O)OCc3ccc(OC)cc3)[C@@H]2C)[C@@H]1C(=O)OC.COC(=O)[C@H]1C2CC([C@@H](C)C2C(=O)OCc2ccc(OC)cc2)[C@H]1C(=O)O.COc1ccc(COC(=O)C2C3CC([C@H]2C)[C@H]2C(=O)OC(=O)[C@@H]32)cc1. The van der Waals surface area contributed by atoms with Gasteiger partial charge in [-0.2, -0.15) is 0 Å². The minimum absolute atomic E-state index is 0.0214. The topological polar surface area (TPSA) is 266 Å². The lowest BCUT2D eigenvalue weighted by atomic mass is 9.68. The molecule has 9 unspecified atom stereocenters. The third kappa shape index (κ3) is 11.3. The van der Waals surface area contributed by atoms with Crippen LogP contribution in [0.1, 0.15) is 56.7 Å². The van der Waals surface area contributed by atoms with Crippen molar-refractivity contribution in [1.82, 2.24) is 0 Å². The molecule has 7 fully saturated rings. The largest absolute Gasteiger partial charge is 0.497 e. The maximum absolute atomic E-state index is 12.8. The maximum atomic E-state index is 12.8. The van der Waals surface area contributed by atoms with Gasteiger partial charge in [-0.3, -0.25) is 43.2 Å². The van der Waals surface area contributed by atoms with Gasteiger partial charge in [0.2, 0.25) is 0 Å². The van der Waals surface area contributed by atoms with Crippen LogP contribution in [-0.2, 0) is 96.1 Å². The Kier molecular flexibility index (Phi) is 18.2. The van der Waals surface area contributed by atoms with Crippen LogP contribution in [0.3, 0.4) is 0 Å². The fraction of sp³-hybridized carbons (Fsp3) is 0.550. The molecule has 20 nitrogen and oxygen atoms in total. The van der Waals surface area contributed by atoms with Crippen LogP contribution in [0.25, 0.3) is 0 Å². The number of benzene rings is 3. The van der Waals surface area contributed by atoms with Crippen LogP contribution in [0.4, 0.5) is 0 Å². The van der Waals surface area contributed by atoms with E-state index in [1.165, 1.54) is 21.3 Å². The Labute approximate surface area is 463 Å². The summed E-state index contributed by atoms with van der Waals surface area (Å²) in [5, 5.41) is 9.55. The van der Waals surface area contributed by atoms with Gasteiger partial charge in [0, 0.05) is 0 Å². The number of carbonyl (C=O) groups excluding carboxylic acids is 8. The number of carboxylic acids is 1. The van der Waals surface area contributed by atoms with Gasteiger partial charge in [-0.05, 0) is 126 Å². The van der Waals surface area contributed by atoms with Crippen molar-refractivity contribution in [3.05, 3.63) is 89.5 Å². The first-order valence-corrected chi connectivity index (χ1v) is 26.9. The molecule has 1 heterocycles. The van der Waals surface area contributed by atoms with Crippen LogP contribution in [0.2, 0.25) is 0 Å². The van der Waals surface area contributed by atoms with E-state index in [4.69, 9.17) is 47.4 Å². The first-order valence-electron chi connectivity index (χ1n) is 26.9. The van der Waals surface area contributed by atoms with Gasteiger partial charge in [-0.1, -0.05) is 57.2 Å². The number of aliphatic carboxylic acids is 1. The van der Waals surface area contributed by atoms with Gasteiger partial charge in [0.1, 0.15) is 37.1 Å². The first-order chi connectivity index (χ1) is 38.3. The van der Waals surface area contributed by atoms with Crippen LogP contribution in [-0.4, -0.2) is 101 Å². The van der Waals surface area contributed by atoms with Gasteiger partial charge >= 0.3 is 53.7 Å². The molecule has 0 radical (unpaired) electrons. The molecule has 1 aliphatic heterocycles. The number of rotatable bonds is 16. The van der Waals surface area contributed by atoms with Crippen molar-refractivity contribution in [2.45, 2.75) is 59.9 Å². The van der Waals surface area contributed by atoms with E-state index in [-0.39, 0.29) is 103 Å². The Morgan fingerprint density at radius 3 is 1.02 bits per heavy atom. The van der Waals surface area contributed by atoms with Crippen LogP contribution in [0, 0.1) is 107 Å². The van der Waals surface area contributed by atoms with Gasteiger partial charge < -0.3 is 52.5 Å². The minimum atomic E-state index is -1.00. The summed E-state index contributed by atoms with van der Waals surface area (Å²) in [4.78, 5) is 111. The van der Waals surface area contributed by atoms with Crippen LogP contribution in [0.5, 0.6) is 17.2 Å². The summed E-state index contributed by atoms with van der Waals surface area (Å²) in [5.41, 5.74) is 2.55. The molecule has 1 saturated heterocycles. The standard InChI is InChI=1S/C21H26O7.C20H24O7.C19H20O6/c1-11-14-9-15(18(20(23)27-4)17(14)19(22)26-3)16(11)21(24)28-10-12-5-7-13(25-2)8-6-12;1-10-13-8-14(17(19(23)26-3)16(13)18(21)22)15(10)20(24)27-9-11-4-6-12(25-2)7-5-11;1-9-12-7-13(16-15(12)18(21)25-19(16)22)14(9)17(20)24-8-10-3-5-11(23-2)6-4-10/h5-8,11,14-18H,9-10H2,1-4H3;4-7,10,13-17H,8-9H2,1-3H3,(H,21,22);3-6,9,12-16H,7-8H2,1-2H3/t11-,14?,15?,16?,17-,18+;10-,13?,14?,15?,16-,17+;9-,12?,13?,14?,15-,16+/m111/s1. The van der Waals surface area contributed by atoms with E-state index in [9.17, 15) is 48.3 Å². The third-order valence-electron chi connectivity index (χ3n) is 18.6. The van der Waals surface area contributed by atoms with Crippen LogP contribution < -0.4 is 14.2 Å². The minimum Gasteiger partial charge on any atom is -0.497 e. The van der Waals surface area contributed by atoms with E-state index in [0.717, 1.165) is 34.6 Å². The Balaban J connectivity index is 0.000000158. The fourth-order valence-electron chi connectivity index (χ4n) is 14.8. The highest BCUT2D eigenvalue weighted by Gasteiger charge is 2.68. The number of fused-ring (bicyclic) bond motifs is 9. The van der Waals surface area contributed by atoms with Crippen molar-refractivity contribution < 1.29 is 95.6 Å². The lowest BCUT2D eigenvalue weighted by molar-refractivity contribution is -0.168. The predicted octanol–water partition coefficient (Wildman–Crippen LogP) is 6.31. The third-order valence-corrected chi connectivity index (χ3v) is 18.6. The molecule has 7 aliphatic rings. The molecule has 1 N–H and O–H groups in total. The number of esters is 8.